The van der Waals surface area contributed by atoms with Gasteiger partial charge in [-0.3, -0.25) is 14.9 Å². The summed E-state index contributed by atoms with van der Waals surface area (Å²) in [6.07, 6.45) is 2.97. The van der Waals surface area contributed by atoms with Crippen LogP contribution in [0.3, 0.4) is 0 Å². The first-order valence-corrected chi connectivity index (χ1v) is 7.89. The summed E-state index contributed by atoms with van der Waals surface area (Å²) in [6.45, 7) is 0. The van der Waals surface area contributed by atoms with Gasteiger partial charge in [0.15, 0.2) is 11.5 Å². The van der Waals surface area contributed by atoms with Crippen molar-refractivity contribution in [1.29, 1.82) is 0 Å². The van der Waals surface area contributed by atoms with Crippen molar-refractivity contribution >= 4 is 39.3 Å². The Morgan fingerprint density at radius 2 is 1.88 bits per heavy atom. The van der Waals surface area contributed by atoms with E-state index in [1.165, 1.54) is 44.6 Å². The molecule has 0 heterocycles. The average Bonchev–Trinajstić information content (AvgIpc) is 2.59. The van der Waals surface area contributed by atoms with Crippen LogP contribution in [-0.4, -0.2) is 25.1 Å². The summed E-state index contributed by atoms with van der Waals surface area (Å²) in [5.41, 5.74) is 1.17. The van der Waals surface area contributed by atoms with E-state index >= 15 is 0 Å². The van der Waals surface area contributed by atoms with Crippen LogP contribution in [-0.2, 0) is 4.79 Å². The Balaban J connectivity index is 2.09. The van der Waals surface area contributed by atoms with Gasteiger partial charge in [-0.25, -0.2) is 0 Å². The Hall–Kier alpha value is -2.87. The van der Waals surface area contributed by atoms with Crippen LogP contribution >= 0.6 is 15.9 Å². The van der Waals surface area contributed by atoms with Crippen LogP contribution in [0, 0.1) is 10.1 Å². The normalized spacial score (nSPS) is 10.5. The number of carbonyl (C=O) groups excluding carboxylic acids is 1. The number of benzene rings is 2. The van der Waals surface area contributed by atoms with Crippen LogP contribution in [0.5, 0.6) is 11.5 Å². The lowest BCUT2D eigenvalue weighted by Gasteiger charge is -2.10. The average molecular weight is 407 g/mol. The second-order valence-corrected chi connectivity index (χ2v) is 5.72. The van der Waals surface area contributed by atoms with E-state index in [4.69, 9.17) is 9.47 Å². The van der Waals surface area contributed by atoms with Crippen molar-refractivity contribution in [2.75, 3.05) is 19.5 Å². The number of hydrogen-bond donors (Lipinski definition) is 1. The SMILES string of the molecule is COc1cc(/C=C/C(=O)Nc2ccc([N+](=O)[O-])cc2)cc(Br)c1OC. The van der Waals surface area contributed by atoms with E-state index < -0.39 is 4.92 Å². The Bertz CT molecular complexity index is 819. The van der Waals surface area contributed by atoms with Gasteiger partial charge in [-0.2, -0.15) is 0 Å². The quantitative estimate of drug-likeness (QED) is 0.444. The molecule has 7 nitrogen and oxygen atoms in total. The molecule has 25 heavy (non-hydrogen) atoms. The first kappa shape index (κ1) is 18.5. The van der Waals surface area contributed by atoms with Gasteiger partial charge in [-0.15, -0.1) is 0 Å². The first-order valence-electron chi connectivity index (χ1n) is 7.09. The number of rotatable bonds is 6. The highest BCUT2D eigenvalue weighted by Gasteiger charge is 2.09. The van der Waals surface area contributed by atoms with Crippen molar-refractivity contribution in [3.05, 3.63) is 62.6 Å². The smallest absolute Gasteiger partial charge is 0.269 e. The van der Waals surface area contributed by atoms with E-state index in [0.717, 1.165) is 5.56 Å². The molecule has 1 N–H and O–H groups in total. The van der Waals surface area contributed by atoms with E-state index in [9.17, 15) is 14.9 Å². The second kappa shape index (κ2) is 8.29. The predicted molar refractivity (Wildman–Crippen MR) is 98.0 cm³/mol. The molecule has 0 spiro atoms. The maximum Gasteiger partial charge on any atom is 0.269 e. The number of nitrogens with zero attached hydrogens (tertiary/aromatic N) is 1. The maximum atomic E-state index is 12.0. The van der Waals surface area contributed by atoms with Crippen molar-refractivity contribution < 1.29 is 19.2 Å². The molecule has 0 saturated carbocycles. The molecule has 0 aliphatic rings. The second-order valence-electron chi connectivity index (χ2n) is 4.86. The molecule has 2 aromatic carbocycles. The highest BCUT2D eigenvalue weighted by atomic mass is 79.9. The Morgan fingerprint density at radius 3 is 2.44 bits per heavy atom. The van der Waals surface area contributed by atoms with Crippen LogP contribution in [0.2, 0.25) is 0 Å². The minimum atomic E-state index is -0.500. The van der Waals surface area contributed by atoms with Gasteiger partial charge in [-0.05, 0) is 51.8 Å². The van der Waals surface area contributed by atoms with Gasteiger partial charge in [0.1, 0.15) is 0 Å². The zero-order valence-electron chi connectivity index (χ0n) is 13.5. The summed E-state index contributed by atoms with van der Waals surface area (Å²) in [7, 11) is 3.06. The molecule has 0 aromatic heterocycles. The van der Waals surface area contributed by atoms with Crippen molar-refractivity contribution in [3.8, 4) is 11.5 Å². The zero-order valence-corrected chi connectivity index (χ0v) is 15.1. The molecule has 8 heteroatoms. The summed E-state index contributed by atoms with van der Waals surface area (Å²) in [4.78, 5) is 22.1. The minimum Gasteiger partial charge on any atom is -0.493 e. The van der Waals surface area contributed by atoms with Crippen LogP contribution in [0.1, 0.15) is 5.56 Å². The third-order valence-corrected chi connectivity index (χ3v) is 3.82. The van der Waals surface area contributed by atoms with Gasteiger partial charge in [0.05, 0.1) is 23.6 Å². The van der Waals surface area contributed by atoms with Crippen molar-refractivity contribution in [2.24, 2.45) is 0 Å². The number of hydrogen-bond acceptors (Lipinski definition) is 5. The molecule has 0 atom stereocenters. The standard InChI is InChI=1S/C17H15BrN2O5/c1-24-15-10-11(9-14(18)17(15)25-2)3-8-16(21)19-12-4-6-13(7-5-12)20(22)23/h3-10H,1-2H3,(H,19,21)/b8-3+. The number of ether oxygens (including phenoxy) is 2. The summed E-state index contributed by atoms with van der Waals surface area (Å²) >= 11 is 3.38. The summed E-state index contributed by atoms with van der Waals surface area (Å²) < 4.78 is 11.2. The van der Waals surface area contributed by atoms with Crippen LogP contribution in [0.4, 0.5) is 11.4 Å². The first-order chi connectivity index (χ1) is 11.9. The lowest BCUT2D eigenvalue weighted by atomic mass is 10.2. The van der Waals surface area contributed by atoms with E-state index in [-0.39, 0.29) is 11.6 Å². The molecule has 0 aliphatic carbocycles. The number of methoxy groups -OCH3 is 2. The monoisotopic (exact) mass is 406 g/mol. The molecule has 1 amide bonds. The molecule has 0 unspecified atom stereocenters. The van der Waals surface area contributed by atoms with Gasteiger partial charge in [0.2, 0.25) is 5.91 Å². The van der Waals surface area contributed by atoms with Gasteiger partial charge in [-0.1, -0.05) is 0 Å². The fourth-order valence-electron chi connectivity index (χ4n) is 2.06. The van der Waals surface area contributed by atoms with Crippen LogP contribution < -0.4 is 14.8 Å². The van der Waals surface area contributed by atoms with Crippen LogP contribution in [0.25, 0.3) is 6.08 Å². The van der Waals surface area contributed by atoms with E-state index in [2.05, 4.69) is 21.2 Å². The fourth-order valence-corrected chi connectivity index (χ4v) is 2.68. The van der Waals surface area contributed by atoms with E-state index in [1.54, 1.807) is 18.2 Å². The maximum absolute atomic E-state index is 12.0. The lowest BCUT2D eigenvalue weighted by molar-refractivity contribution is -0.384. The Labute approximate surface area is 152 Å². The third kappa shape index (κ3) is 4.80. The minimum absolute atomic E-state index is 0.0382. The number of nitro benzene ring substituents is 1. The molecule has 2 rings (SSSR count). The molecule has 2 aromatic rings. The van der Waals surface area contributed by atoms with Gasteiger partial charge in [0, 0.05) is 23.9 Å². The molecule has 0 saturated heterocycles. The summed E-state index contributed by atoms with van der Waals surface area (Å²) in [5, 5.41) is 13.2. The van der Waals surface area contributed by atoms with Gasteiger partial charge >= 0.3 is 0 Å². The number of non-ortho nitro benzene ring substituents is 1. The summed E-state index contributed by atoms with van der Waals surface area (Å²) in [5.74, 6) is 0.738. The molecule has 0 fully saturated rings. The number of nitrogens with one attached hydrogen (secondary N) is 1. The number of nitro groups is 1. The number of carbonyl (C=O) groups is 1. The highest BCUT2D eigenvalue weighted by molar-refractivity contribution is 9.10. The zero-order chi connectivity index (χ0) is 18.4. The van der Waals surface area contributed by atoms with E-state index in [1.807, 2.05) is 0 Å². The molecular weight excluding hydrogens is 392 g/mol. The topological polar surface area (TPSA) is 90.7 Å². The number of anilines is 1. The molecule has 0 bridgehead atoms. The van der Waals surface area contributed by atoms with Crippen molar-refractivity contribution in [2.45, 2.75) is 0 Å². The molecular formula is C17H15BrN2O5. The number of amides is 1. The highest BCUT2D eigenvalue weighted by Crippen LogP contribution is 2.36. The third-order valence-electron chi connectivity index (χ3n) is 3.23. The van der Waals surface area contributed by atoms with Crippen LogP contribution in [0.15, 0.2) is 46.9 Å². The van der Waals surface area contributed by atoms with E-state index in [0.29, 0.717) is 21.7 Å². The molecule has 130 valence electrons. The van der Waals surface area contributed by atoms with Gasteiger partial charge < -0.3 is 14.8 Å². The largest absolute Gasteiger partial charge is 0.493 e. The fraction of sp³-hybridized carbons (Fsp3) is 0.118. The molecule has 0 radical (unpaired) electrons. The van der Waals surface area contributed by atoms with Gasteiger partial charge in [0.25, 0.3) is 5.69 Å². The summed E-state index contributed by atoms with van der Waals surface area (Å²) in [6, 6.07) is 9.11. The molecule has 0 aliphatic heterocycles. The predicted octanol–water partition coefficient (Wildman–Crippen LogP) is 4.03. The number of halogens is 1. The van der Waals surface area contributed by atoms with Crippen molar-refractivity contribution in [1.82, 2.24) is 0 Å². The van der Waals surface area contributed by atoms with Crippen molar-refractivity contribution in [3.63, 3.8) is 0 Å². The Morgan fingerprint density at radius 1 is 1.20 bits per heavy atom. The Kier molecular flexibility index (Phi) is 6.13. The lowest BCUT2D eigenvalue weighted by Crippen LogP contribution is -2.07.